The van der Waals surface area contributed by atoms with Crippen molar-refractivity contribution < 1.29 is 14.6 Å². The highest BCUT2D eigenvalue weighted by Crippen LogP contribution is 2.25. The second kappa shape index (κ2) is 8.68. The van der Waals surface area contributed by atoms with E-state index in [0.29, 0.717) is 12.5 Å². The molecule has 2 aliphatic rings. The molecule has 2 aliphatic heterocycles. The van der Waals surface area contributed by atoms with Crippen molar-refractivity contribution in [2.75, 3.05) is 45.9 Å². The van der Waals surface area contributed by atoms with Crippen molar-refractivity contribution in [3.8, 4) is 5.75 Å². The Morgan fingerprint density at radius 2 is 1.96 bits per heavy atom. The van der Waals surface area contributed by atoms with E-state index in [-0.39, 0.29) is 25.0 Å². The fourth-order valence-corrected chi connectivity index (χ4v) is 3.97. The Morgan fingerprint density at radius 3 is 2.68 bits per heavy atom. The SMILES string of the molecule is Cc1cccc(OCC(=O)N2C[C@@H](CN3CCCCC3)[C@@H](CO)C2)c1. The van der Waals surface area contributed by atoms with Crippen LogP contribution in [-0.4, -0.2) is 66.8 Å². The van der Waals surface area contributed by atoms with Gasteiger partial charge in [-0.1, -0.05) is 18.6 Å². The van der Waals surface area contributed by atoms with E-state index in [1.54, 1.807) is 0 Å². The minimum atomic E-state index is 0.0149. The maximum absolute atomic E-state index is 12.5. The molecular formula is C20H30N2O3. The molecule has 1 aromatic rings. The lowest BCUT2D eigenvalue weighted by atomic mass is 9.95. The number of aliphatic hydroxyl groups is 1. The number of carbonyl (C=O) groups is 1. The molecule has 1 aromatic carbocycles. The molecule has 0 bridgehead atoms. The largest absolute Gasteiger partial charge is 0.484 e. The van der Waals surface area contributed by atoms with Crippen molar-refractivity contribution in [3.05, 3.63) is 29.8 Å². The molecule has 3 rings (SSSR count). The molecule has 25 heavy (non-hydrogen) atoms. The Labute approximate surface area is 150 Å². The first-order chi connectivity index (χ1) is 12.2. The Kier molecular flexibility index (Phi) is 6.32. The molecule has 1 amide bonds. The number of likely N-dealkylation sites (tertiary alicyclic amines) is 2. The summed E-state index contributed by atoms with van der Waals surface area (Å²) in [5.41, 5.74) is 1.12. The number of piperidine rings is 1. The molecule has 0 spiro atoms. The topological polar surface area (TPSA) is 53.0 Å². The molecule has 5 nitrogen and oxygen atoms in total. The molecule has 2 fully saturated rings. The van der Waals surface area contributed by atoms with Crippen molar-refractivity contribution in [1.82, 2.24) is 9.80 Å². The number of ether oxygens (including phenoxy) is 1. The summed E-state index contributed by atoms with van der Waals surface area (Å²) in [6.45, 7) is 6.90. The van der Waals surface area contributed by atoms with E-state index in [2.05, 4.69) is 4.90 Å². The van der Waals surface area contributed by atoms with Crippen LogP contribution in [-0.2, 0) is 4.79 Å². The molecule has 5 heteroatoms. The van der Waals surface area contributed by atoms with Crippen LogP contribution >= 0.6 is 0 Å². The highest BCUT2D eigenvalue weighted by Gasteiger charge is 2.35. The Bertz CT molecular complexity index is 572. The Morgan fingerprint density at radius 1 is 1.20 bits per heavy atom. The first-order valence-corrected chi connectivity index (χ1v) is 9.46. The third kappa shape index (κ3) is 4.95. The van der Waals surface area contributed by atoms with Gasteiger partial charge in [0.05, 0.1) is 0 Å². The summed E-state index contributed by atoms with van der Waals surface area (Å²) >= 11 is 0. The van der Waals surface area contributed by atoms with Gasteiger partial charge in [-0.25, -0.2) is 0 Å². The predicted octanol–water partition coefficient (Wildman–Crippen LogP) is 1.93. The molecule has 2 atom stereocenters. The molecule has 0 saturated carbocycles. The van der Waals surface area contributed by atoms with Crippen LogP contribution in [0.4, 0.5) is 0 Å². The van der Waals surface area contributed by atoms with Gasteiger partial charge < -0.3 is 19.6 Å². The van der Waals surface area contributed by atoms with Gasteiger partial charge in [-0.05, 0) is 56.5 Å². The fraction of sp³-hybridized carbons (Fsp3) is 0.650. The van der Waals surface area contributed by atoms with Crippen LogP contribution in [0.3, 0.4) is 0 Å². The van der Waals surface area contributed by atoms with E-state index < -0.39 is 0 Å². The summed E-state index contributed by atoms with van der Waals surface area (Å²) in [5, 5.41) is 9.72. The van der Waals surface area contributed by atoms with Gasteiger partial charge in [0.25, 0.3) is 5.91 Å². The van der Waals surface area contributed by atoms with Crippen molar-refractivity contribution in [1.29, 1.82) is 0 Å². The van der Waals surface area contributed by atoms with Crippen LogP contribution in [0, 0.1) is 18.8 Å². The molecule has 0 aliphatic carbocycles. The molecule has 1 N–H and O–H groups in total. The standard InChI is InChI=1S/C20H30N2O3/c1-16-6-5-7-19(10-16)25-15-20(24)22-12-17(18(13-22)14-23)11-21-8-3-2-4-9-21/h5-7,10,17-18,23H,2-4,8-9,11-15H2,1H3/t17-,18-/m1/s1. The lowest BCUT2D eigenvalue weighted by Gasteiger charge is -2.30. The van der Waals surface area contributed by atoms with Gasteiger partial charge in [0.2, 0.25) is 0 Å². The first-order valence-electron chi connectivity index (χ1n) is 9.46. The molecular weight excluding hydrogens is 316 g/mol. The normalized spacial score (nSPS) is 24.5. The summed E-state index contributed by atoms with van der Waals surface area (Å²) in [6, 6.07) is 7.75. The summed E-state index contributed by atoms with van der Waals surface area (Å²) in [4.78, 5) is 16.9. The number of aryl methyl sites for hydroxylation is 1. The molecule has 138 valence electrons. The number of aliphatic hydroxyl groups excluding tert-OH is 1. The third-order valence-electron chi connectivity index (χ3n) is 5.46. The summed E-state index contributed by atoms with van der Waals surface area (Å²) in [6.07, 6.45) is 3.86. The molecule has 2 heterocycles. The monoisotopic (exact) mass is 346 g/mol. The number of hydrogen-bond donors (Lipinski definition) is 1. The van der Waals surface area contributed by atoms with E-state index in [0.717, 1.165) is 37.5 Å². The van der Waals surface area contributed by atoms with Gasteiger partial charge in [0.15, 0.2) is 6.61 Å². The molecule has 2 saturated heterocycles. The first kappa shape index (κ1) is 18.2. The van der Waals surface area contributed by atoms with Gasteiger partial charge in [0.1, 0.15) is 5.75 Å². The minimum Gasteiger partial charge on any atom is -0.484 e. The average Bonchev–Trinajstić information content (AvgIpc) is 3.03. The Balaban J connectivity index is 1.50. The number of amides is 1. The fourth-order valence-electron chi connectivity index (χ4n) is 3.97. The Hall–Kier alpha value is -1.59. The number of nitrogens with zero attached hydrogens (tertiary/aromatic N) is 2. The van der Waals surface area contributed by atoms with E-state index >= 15 is 0 Å². The van der Waals surface area contributed by atoms with Gasteiger partial charge >= 0.3 is 0 Å². The molecule has 0 unspecified atom stereocenters. The summed E-state index contributed by atoms with van der Waals surface area (Å²) < 4.78 is 5.65. The van der Waals surface area contributed by atoms with Crippen molar-refractivity contribution >= 4 is 5.91 Å². The van der Waals surface area contributed by atoms with Crippen molar-refractivity contribution in [3.63, 3.8) is 0 Å². The van der Waals surface area contributed by atoms with Crippen LogP contribution in [0.15, 0.2) is 24.3 Å². The number of rotatable bonds is 6. The zero-order valence-electron chi connectivity index (χ0n) is 15.2. The zero-order chi connectivity index (χ0) is 17.6. The smallest absolute Gasteiger partial charge is 0.260 e. The lowest BCUT2D eigenvalue weighted by Crippen LogP contribution is -2.38. The second-order valence-corrected chi connectivity index (χ2v) is 7.47. The van der Waals surface area contributed by atoms with Gasteiger partial charge in [-0.3, -0.25) is 4.79 Å². The van der Waals surface area contributed by atoms with Gasteiger partial charge in [-0.15, -0.1) is 0 Å². The predicted molar refractivity (Wildman–Crippen MR) is 97.6 cm³/mol. The van der Waals surface area contributed by atoms with Crippen molar-refractivity contribution in [2.24, 2.45) is 11.8 Å². The summed E-state index contributed by atoms with van der Waals surface area (Å²) in [5.74, 6) is 1.30. The number of benzene rings is 1. The average molecular weight is 346 g/mol. The van der Waals surface area contributed by atoms with Crippen molar-refractivity contribution in [2.45, 2.75) is 26.2 Å². The van der Waals surface area contributed by atoms with E-state index in [4.69, 9.17) is 4.74 Å². The molecule has 0 radical (unpaired) electrons. The van der Waals surface area contributed by atoms with Crippen LogP contribution < -0.4 is 4.74 Å². The second-order valence-electron chi connectivity index (χ2n) is 7.47. The van der Waals surface area contributed by atoms with Gasteiger partial charge in [0, 0.05) is 32.2 Å². The number of carbonyl (C=O) groups excluding carboxylic acids is 1. The van der Waals surface area contributed by atoms with Crippen LogP contribution in [0.5, 0.6) is 5.75 Å². The zero-order valence-corrected chi connectivity index (χ0v) is 15.2. The maximum Gasteiger partial charge on any atom is 0.260 e. The highest BCUT2D eigenvalue weighted by molar-refractivity contribution is 5.78. The quantitative estimate of drug-likeness (QED) is 0.855. The minimum absolute atomic E-state index is 0.0149. The van der Waals surface area contributed by atoms with Crippen LogP contribution in [0.25, 0.3) is 0 Å². The van der Waals surface area contributed by atoms with E-state index in [1.807, 2.05) is 36.1 Å². The maximum atomic E-state index is 12.5. The molecule has 0 aromatic heterocycles. The van der Waals surface area contributed by atoms with E-state index in [1.165, 1.54) is 19.3 Å². The highest BCUT2D eigenvalue weighted by atomic mass is 16.5. The third-order valence-corrected chi connectivity index (χ3v) is 5.46. The lowest BCUT2D eigenvalue weighted by molar-refractivity contribution is -0.132. The number of hydrogen-bond acceptors (Lipinski definition) is 4. The summed E-state index contributed by atoms with van der Waals surface area (Å²) in [7, 11) is 0. The van der Waals surface area contributed by atoms with Crippen LogP contribution in [0.1, 0.15) is 24.8 Å². The van der Waals surface area contributed by atoms with E-state index in [9.17, 15) is 9.90 Å². The van der Waals surface area contributed by atoms with Crippen LogP contribution in [0.2, 0.25) is 0 Å². The van der Waals surface area contributed by atoms with Gasteiger partial charge in [-0.2, -0.15) is 0 Å².